The first-order chi connectivity index (χ1) is 18.2. The molecular formula is C22H25N5O9S3. The van der Waals surface area contributed by atoms with Gasteiger partial charge in [0.15, 0.2) is 0 Å². The highest BCUT2D eigenvalue weighted by Gasteiger charge is 2.27. The number of carbonyl (C=O) groups is 1. The van der Waals surface area contributed by atoms with Crippen molar-refractivity contribution < 1.29 is 39.0 Å². The van der Waals surface area contributed by atoms with Gasteiger partial charge in [-0.2, -0.15) is 21.8 Å². The average molecular weight is 600 g/mol. The summed E-state index contributed by atoms with van der Waals surface area (Å²) in [5.74, 6) is -0.179. The number of nitrogens with zero attached hydrogens (tertiary/aromatic N) is 2. The highest BCUT2D eigenvalue weighted by molar-refractivity contribution is 8.04. The molecule has 39 heavy (non-hydrogen) atoms. The molecule has 2 amide bonds. The van der Waals surface area contributed by atoms with Gasteiger partial charge in [0.25, 0.3) is 20.1 Å². The van der Waals surface area contributed by atoms with Crippen LogP contribution in [0.1, 0.15) is 16.8 Å². The number of amides is 2. The lowest BCUT2D eigenvalue weighted by molar-refractivity contribution is 0.256. The summed E-state index contributed by atoms with van der Waals surface area (Å²) in [6, 6.07) is 11.4. The van der Waals surface area contributed by atoms with E-state index in [0.29, 0.717) is 5.69 Å². The van der Waals surface area contributed by atoms with Crippen LogP contribution in [0.3, 0.4) is 0 Å². The van der Waals surface area contributed by atoms with Crippen LogP contribution in [0.5, 0.6) is 5.88 Å². The van der Waals surface area contributed by atoms with E-state index in [4.69, 9.17) is 8.92 Å². The topological polar surface area (TPSA) is 200 Å². The van der Waals surface area contributed by atoms with E-state index < -0.39 is 47.9 Å². The quantitative estimate of drug-likeness (QED) is 0.269. The van der Waals surface area contributed by atoms with E-state index in [1.165, 1.54) is 52.4 Å². The molecule has 0 spiro atoms. The van der Waals surface area contributed by atoms with Crippen molar-refractivity contribution in [2.45, 2.75) is 30.1 Å². The number of anilines is 1. The zero-order chi connectivity index (χ0) is 28.8. The number of benzene rings is 2. The van der Waals surface area contributed by atoms with E-state index in [1.807, 2.05) is 0 Å². The van der Waals surface area contributed by atoms with Crippen molar-refractivity contribution in [1.82, 2.24) is 18.8 Å². The van der Waals surface area contributed by atoms with Gasteiger partial charge in [0.1, 0.15) is 0 Å². The van der Waals surface area contributed by atoms with Crippen LogP contribution >= 0.6 is 0 Å². The summed E-state index contributed by atoms with van der Waals surface area (Å²) in [4.78, 5) is 19.4. The van der Waals surface area contributed by atoms with Gasteiger partial charge in [0.05, 0.1) is 23.5 Å². The van der Waals surface area contributed by atoms with Crippen molar-refractivity contribution in [3.05, 3.63) is 71.4 Å². The molecule has 0 aliphatic heterocycles. The smallest absolute Gasteiger partial charge is 0.336 e. The van der Waals surface area contributed by atoms with Crippen molar-refractivity contribution in [2.75, 3.05) is 19.0 Å². The zero-order valence-electron chi connectivity index (χ0n) is 20.9. The standard InChI is InChI=1S/C22H25N5O9S3/c1-15-8-10-18(11-9-15)38(31,32)36-13-12-17-6-4-5-7-19(17)37(29,30)27-39(33,34)26-22(28)25-21-23-16(2)14-20(24-21)35-3/h4-11,14,27H,12-13H2,1-3H3,(H2,23,24,25,26,28). The highest BCUT2D eigenvalue weighted by Crippen LogP contribution is 2.19. The minimum absolute atomic E-state index is 0.0689. The second-order valence-electron chi connectivity index (χ2n) is 7.97. The minimum Gasteiger partial charge on any atom is -0.481 e. The summed E-state index contributed by atoms with van der Waals surface area (Å²) in [6.07, 6.45) is -0.192. The van der Waals surface area contributed by atoms with Gasteiger partial charge in [-0.05, 0) is 44.0 Å². The number of hydrogen-bond acceptors (Lipinski definition) is 11. The lowest BCUT2D eigenvalue weighted by Gasteiger charge is -2.13. The maximum atomic E-state index is 12.9. The molecule has 0 fully saturated rings. The van der Waals surface area contributed by atoms with Crippen LogP contribution in [0.15, 0.2) is 64.4 Å². The van der Waals surface area contributed by atoms with E-state index in [9.17, 15) is 30.0 Å². The van der Waals surface area contributed by atoms with Gasteiger partial charge in [0, 0.05) is 11.8 Å². The molecule has 0 aliphatic rings. The van der Waals surface area contributed by atoms with E-state index in [1.54, 1.807) is 26.0 Å². The Kier molecular flexibility index (Phi) is 9.23. The molecule has 0 radical (unpaired) electrons. The van der Waals surface area contributed by atoms with Crippen molar-refractivity contribution in [3.63, 3.8) is 0 Å². The highest BCUT2D eigenvalue weighted by atomic mass is 32.3. The third kappa shape index (κ3) is 8.42. The molecule has 1 aromatic heterocycles. The van der Waals surface area contributed by atoms with Gasteiger partial charge in [-0.25, -0.2) is 22.9 Å². The summed E-state index contributed by atoms with van der Waals surface area (Å²) >= 11 is 0. The molecule has 0 saturated carbocycles. The third-order valence-electron chi connectivity index (χ3n) is 4.89. The SMILES string of the molecule is COc1cc(C)nc(NC(=O)NS(=O)(=O)NS(=O)(=O)c2ccccc2CCOS(=O)(=O)c2ccc(C)cc2)n1. The normalized spacial score (nSPS) is 12.1. The second kappa shape index (κ2) is 12.0. The zero-order valence-corrected chi connectivity index (χ0v) is 23.4. The molecule has 2 aromatic carbocycles. The number of ether oxygens (including phenoxy) is 1. The van der Waals surface area contributed by atoms with E-state index >= 15 is 0 Å². The number of nitrogens with one attached hydrogen (secondary N) is 3. The van der Waals surface area contributed by atoms with Gasteiger partial charge in [-0.3, -0.25) is 9.50 Å². The van der Waals surface area contributed by atoms with Gasteiger partial charge < -0.3 is 4.74 Å². The average Bonchev–Trinajstić information content (AvgIpc) is 2.83. The maximum absolute atomic E-state index is 12.9. The fourth-order valence-corrected chi connectivity index (χ4v) is 6.82. The molecule has 14 nitrogen and oxygen atoms in total. The second-order valence-corrected chi connectivity index (χ2v) is 12.9. The number of methoxy groups -OCH3 is 1. The molecular weight excluding hydrogens is 574 g/mol. The fraction of sp³-hybridized carbons (Fsp3) is 0.227. The van der Waals surface area contributed by atoms with Gasteiger partial charge >= 0.3 is 16.2 Å². The number of aromatic nitrogens is 2. The number of carbonyl (C=O) groups excluding carboxylic acids is 1. The third-order valence-corrected chi connectivity index (χ3v) is 9.41. The molecule has 0 unspecified atom stereocenters. The Bertz CT molecular complexity index is 1680. The number of aryl methyl sites for hydroxylation is 2. The fourth-order valence-electron chi connectivity index (χ4n) is 3.17. The Morgan fingerprint density at radius 2 is 1.59 bits per heavy atom. The number of sulfonamides is 1. The predicted molar refractivity (Wildman–Crippen MR) is 139 cm³/mol. The Labute approximate surface area is 226 Å². The molecule has 1 heterocycles. The van der Waals surface area contributed by atoms with Crippen molar-refractivity contribution >= 4 is 42.3 Å². The Morgan fingerprint density at radius 1 is 0.923 bits per heavy atom. The van der Waals surface area contributed by atoms with Crippen LogP contribution in [0.4, 0.5) is 10.7 Å². The van der Waals surface area contributed by atoms with Crippen LogP contribution in [0.25, 0.3) is 0 Å². The molecule has 3 N–H and O–H groups in total. The van der Waals surface area contributed by atoms with Gasteiger partial charge in [-0.15, -0.1) is 0 Å². The first kappa shape index (κ1) is 29.9. The van der Waals surface area contributed by atoms with Gasteiger partial charge in [0.2, 0.25) is 11.8 Å². The molecule has 3 aromatic rings. The van der Waals surface area contributed by atoms with Crippen molar-refractivity contribution in [3.8, 4) is 5.88 Å². The Balaban J connectivity index is 1.68. The molecule has 0 saturated heterocycles. The van der Waals surface area contributed by atoms with E-state index in [2.05, 4.69) is 15.3 Å². The van der Waals surface area contributed by atoms with Crippen LogP contribution in [-0.2, 0) is 41.0 Å². The number of urea groups is 1. The summed E-state index contributed by atoms with van der Waals surface area (Å²) < 4.78 is 88.3. The summed E-state index contributed by atoms with van der Waals surface area (Å²) in [6.45, 7) is 2.95. The van der Waals surface area contributed by atoms with Gasteiger partial charge in [-0.1, -0.05) is 40.0 Å². The van der Waals surface area contributed by atoms with Crippen molar-refractivity contribution in [1.29, 1.82) is 0 Å². The maximum Gasteiger partial charge on any atom is 0.336 e. The van der Waals surface area contributed by atoms with E-state index in [-0.39, 0.29) is 28.7 Å². The predicted octanol–water partition coefficient (Wildman–Crippen LogP) is 1.39. The molecule has 0 aliphatic carbocycles. The Morgan fingerprint density at radius 3 is 2.26 bits per heavy atom. The first-order valence-corrected chi connectivity index (χ1v) is 15.4. The lowest BCUT2D eigenvalue weighted by atomic mass is 10.2. The summed E-state index contributed by atoms with van der Waals surface area (Å²) in [7, 11) is -12.5. The summed E-state index contributed by atoms with van der Waals surface area (Å²) in [5, 5.41) is 2.07. The van der Waals surface area contributed by atoms with Crippen LogP contribution in [0.2, 0.25) is 0 Å². The molecule has 210 valence electrons. The van der Waals surface area contributed by atoms with Crippen LogP contribution < -0.4 is 18.9 Å². The number of hydrogen-bond donors (Lipinski definition) is 3. The lowest BCUT2D eigenvalue weighted by Crippen LogP contribution is -2.45. The molecule has 0 bridgehead atoms. The molecule has 17 heteroatoms. The largest absolute Gasteiger partial charge is 0.481 e. The van der Waals surface area contributed by atoms with E-state index in [0.717, 1.165) is 11.6 Å². The Hall–Kier alpha value is -3.64. The van der Waals surface area contributed by atoms with Crippen LogP contribution in [0, 0.1) is 13.8 Å². The number of rotatable bonds is 11. The minimum atomic E-state index is -4.95. The summed E-state index contributed by atoms with van der Waals surface area (Å²) in [5.41, 5.74) is 1.34. The first-order valence-electron chi connectivity index (χ1n) is 11.0. The monoisotopic (exact) mass is 599 g/mol. The molecule has 3 rings (SSSR count). The molecule has 0 atom stereocenters. The van der Waals surface area contributed by atoms with Crippen molar-refractivity contribution in [2.24, 2.45) is 0 Å². The van der Waals surface area contributed by atoms with Crippen LogP contribution in [-0.4, -0.2) is 55.0 Å².